The van der Waals surface area contributed by atoms with Gasteiger partial charge in [-0.25, -0.2) is 9.13 Å². The molecule has 4 bridgehead atoms. The summed E-state index contributed by atoms with van der Waals surface area (Å²) in [6.07, 6.45) is 15.1. The van der Waals surface area contributed by atoms with Crippen LogP contribution < -0.4 is 0 Å². The average molecular weight is 481 g/mol. The molecule has 2 heterocycles. The van der Waals surface area contributed by atoms with E-state index >= 15 is 0 Å². The van der Waals surface area contributed by atoms with Gasteiger partial charge in [0.2, 0.25) is 23.5 Å². The number of rotatable bonds is 6. The summed E-state index contributed by atoms with van der Waals surface area (Å²) in [4.78, 5) is 0. The van der Waals surface area contributed by atoms with Crippen molar-refractivity contribution in [1.82, 2.24) is 9.13 Å². The number of hydrogen-bond acceptors (Lipinski definition) is 4. The van der Waals surface area contributed by atoms with Crippen molar-refractivity contribution < 1.29 is 20.4 Å². The predicted octanol–water partition coefficient (Wildman–Crippen LogP) is 5.83. The van der Waals surface area contributed by atoms with Gasteiger partial charge in [-0.1, -0.05) is 48.6 Å². The highest BCUT2D eigenvalue weighted by Crippen LogP contribution is 2.63. The third kappa shape index (κ3) is 2.28. The number of fused-ring (bicyclic) bond motifs is 10. The molecular formula is C30H28N2O4. The van der Waals surface area contributed by atoms with Crippen LogP contribution in [0, 0.1) is 0 Å². The summed E-state index contributed by atoms with van der Waals surface area (Å²) in [5.41, 5.74) is 3.11. The Morgan fingerprint density at radius 1 is 0.722 bits per heavy atom. The fourth-order valence-corrected chi connectivity index (χ4v) is 7.56. The predicted molar refractivity (Wildman–Crippen MR) is 138 cm³/mol. The largest absolute Gasteiger partial charge is 0.494 e. The zero-order chi connectivity index (χ0) is 25.0. The first-order chi connectivity index (χ1) is 17.4. The SMILES string of the molecule is C=CCC12C=CC(C1)c1c2c(O)n(-c2ccccc2-n2c(O)c3c(c2O)C2(CC=C)C=CC3C2)c1O. The van der Waals surface area contributed by atoms with Crippen molar-refractivity contribution >= 4 is 0 Å². The van der Waals surface area contributed by atoms with E-state index in [1.165, 1.54) is 9.13 Å². The highest BCUT2D eigenvalue weighted by molar-refractivity contribution is 5.71. The molecule has 182 valence electrons. The maximum atomic E-state index is 11.5. The molecule has 0 amide bonds. The van der Waals surface area contributed by atoms with Crippen LogP contribution in [0.25, 0.3) is 11.4 Å². The van der Waals surface area contributed by atoms with Crippen molar-refractivity contribution in [1.29, 1.82) is 0 Å². The number of nitrogens with zero attached hydrogens (tertiary/aromatic N) is 2. The lowest BCUT2D eigenvalue weighted by molar-refractivity contribution is 0.380. The Morgan fingerprint density at radius 2 is 1.14 bits per heavy atom. The zero-order valence-electron chi connectivity index (χ0n) is 19.9. The van der Waals surface area contributed by atoms with Crippen LogP contribution in [-0.2, 0) is 10.8 Å². The molecule has 2 aromatic heterocycles. The number of para-hydroxylation sites is 2. The zero-order valence-corrected chi connectivity index (χ0v) is 19.9. The Hall–Kier alpha value is -4.06. The molecule has 0 radical (unpaired) electrons. The molecule has 4 atom stereocenters. The molecule has 4 N–H and O–H groups in total. The third-order valence-electron chi connectivity index (χ3n) is 8.90. The Kier molecular flexibility index (Phi) is 4.00. The molecule has 0 spiro atoms. The Bertz CT molecular complexity index is 1440. The van der Waals surface area contributed by atoms with Crippen LogP contribution in [0.5, 0.6) is 23.5 Å². The van der Waals surface area contributed by atoms with E-state index < -0.39 is 0 Å². The lowest BCUT2D eigenvalue weighted by Crippen LogP contribution is -2.17. The fraction of sp³-hybridized carbons (Fsp3) is 0.267. The number of allylic oxidation sites excluding steroid dienone is 6. The van der Waals surface area contributed by atoms with Gasteiger partial charge in [-0.3, -0.25) is 0 Å². The average Bonchev–Trinajstić information content (AvgIpc) is 3.67. The van der Waals surface area contributed by atoms with Crippen molar-refractivity contribution in [2.24, 2.45) is 0 Å². The van der Waals surface area contributed by atoms with Gasteiger partial charge < -0.3 is 20.4 Å². The number of aromatic nitrogens is 2. The minimum atomic E-state index is -0.385. The minimum absolute atomic E-state index is 0.0150. The van der Waals surface area contributed by atoms with Gasteiger partial charge in [-0.15, -0.1) is 13.2 Å². The molecule has 6 nitrogen and oxygen atoms in total. The second-order valence-electron chi connectivity index (χ2n) is 10.7. The Labute approximate surface area is 209 Å². The Balaban J connectivity index is 1.45. The molecule has 0 saturated carbocycles. The monoisotopic (exact) mass is 480 g/mol. The summed E-state index contributed by atoms with van der Waals surface area (Å²) in [6.45, 7) is 7.81. The molecular weight excluding hydrogens is 452 g/mol. The van der Waals surface area contributed by atoms with Crippen LogP contribution in [0.2, 0.25) is 0 Å². The molecule has 4 unspecified atom stereocenters. The second-order valence-corrected chi connectivity index (χ2v) is 10.7. The van der Waals surface area contributed by atoms with Crippen molar-refractivity contribution in [3.63, 3.8) is 0 Å². The van der Waals surface area contributed by atoms with Crippen molar-refractivity contribution in [2.45, 2.75) is 48.3 Å². The van der Waals surface area contributed by atoms with E-state index in [-0.39, 0.29) is 46.2 Å². The lowest BCUT2D eigenvalue weighted by atomic mass is 9.81. The van der Waals surface area contributed by atoms with Gasteiger partial charge in [0.25, 0.3) is 0 Å². The molecule has 3 aromatic rings. The normalized spacial score (nSPS) is 28.1. The van der Waals surface area contributed by atoms with Crippen LogP contribution >= 0.6 is 0 Å². The van der Waals surface area contributed by atoms with Gasteiger partial charge in [-0.05, 0) is 37.8 Å². The maximum Gasteiger partial charge on any atom is 0.203 e. The Morgan fingerprint density at radius 3 is 1.53 bits per heavy atom. The third-order valence-corrected chi connectivity index (χ3v) is 8.90. The summed E-state index contributed by atoms with van der Waals surface area (Å²) < 4.78 is 2.88. The summed E-state index contributed by atoms with van der Waals surface area (Å²) in [7, 11) is 0. The van der Waals surface area contributed by atoms with Gasteiger partial charge in [-0.2, -0.15) is 0 Å². The minimum Gasteiger partial charge on any atom is -0.494 e. The molecule has 7 rings (SSSR count). The number of aromatic hydroxyl groups is 4. The van der Waals surface area contributed by atoms with Gasteiger partial charge in [0.1, 0.15) is 0 Å². The van der Waals surface area contributed by atoms with E-state index in [1.807, 2.05) is 24.3 Å². The summed E-state index contributed by atoms with van der Waals surface area (Å²) in [5, 5.41) is 45.8. The maximum absolute atomic E-state index is 11.5. The standard InChI is InChI=1S/C30H28N2O4/c1-3-11-29-13-9-17(15-29)21-23(29)27(35)31(25(21)33)19-7-5-6-8-20(19)32-26(34)22-18-10-14-30(16-18,12-4-2)24(22)28(32)36/h3-10,13-14,17-18,33-36H,1-2,11-12,15-16H2. The first-order valence-electron chi connectivity index (χ1n) is 12.4. The van der Waals surface area contributed by atoms with E-state index in [0.717, 1.165) is 35.1 Å². The molecule has 6 heteroatoms. The second kappa shape index (κ2) is 6.78. The topological polar surface area (TPSA) is 90.8 Å². The molecule has 0 saturated heterocycles. The molecule has 0 fully saturated rings. The van der Waals surface area contributed by atoms with Gasteiger partial charge in [0, 0.05) is 44.9 Å². The van der Waals surface area contributed by atoms with Crippen molar-refractivity contribution in [2.75, 3.05) is 0 Å². The van der Waals surface area contributed by atoms with Crippen LogP contribution in [-0.4, -0.2) is 29.6 Å². The first-order valence-corrected chi connectivity index (χ1v) is 12.4. The first kappa shape index (κ1) is 21.2. The van der Waals surface area contributed by atoms with Crippen LogP contribution in [0.15, 0.2) is 73.9 Å². The van der Waals surface area contributed by atoms with Crippen LogP contribution in [0.3, 0.4) is 0 Å². The summed E-state index contributed by atoms with van der Waals surface area (Å²) in [5.74, 6) is -0.0225. The quantitative estimate of drug-likeness (QED) is 0.334. The van der Waals surface area contributed by atoms with Crippen LogP contribution in [0.1, 0.15) is 59.8 Å². The van der Waals surface area contributed by atoms with Crippen molar-refractivity contribution in [3.8, 4) is 34.9 Å². The van der Waals surface area contributed by atoms with E-state index in [1.54, 1.807) is 12.1 Å². The summed E-state index contributed by atoms with van der Waals surface area (Å²) in [6, 6.07) is 7.17. The highest BCUT2D eigenvalue weighted by Gasteiger charge is 2.52. The summed E-state index contributed by atoms with van der Waals surface area (Å²) >= 11 is 0. The highest BCUT2D eigenvalue weighted by atomic mass is 16.3. The van der Waals surface area contributed by atoms with Crippen LogP contribution in [0.4, 0.5) is 0 Å². The van der Waals surface area contributed by atoms with Gasteiger partial charge in [0.15, 0.2) is 0 Å². The van der Waals surface area contributed by atoms with E-state index in [9.17, 15) is 20.4 Å². The van der Waals surface area contributed by atoms with E-state index in [2.05, 4.69) is 37.5 Å². The van der Waals surface area contributed by atoms with E-state index in [0.29, 0.717) is 24.2 Å². The van der Waals surface area contributed by atoms with E-state index in [4.69, 9.17) is 0 Å². The smallest absolute Gasteiger partial charge is 0.203 e. The van der Waals surface area contributed by atoms with Gasteiger partial charge >= 0.3 is 0 Å². The lowest BCUT2D eigenvalue weighted by Gasteiger charge is -2.24. The molecule has 1 aromatic carbocycles. The molecule has 4 aliphatic rings. The van der Waals surface area contributed by atoms with Gasteiger partial charge in [0.05, 0.1) is 11.4 Å². The molecule has 0 aliphatic heterocycles. The fourth-order valence-electron chi connectivity index (χ4n) is 7.56. The molecule has 36 heavy (non-hydrogen) atoms. The number of hydrogen-bond donors (Lipinski definition) is 4. The van der Waals surface area contributed by atoms with Crippen molar-refractivity contribution in [3.05, 3.63) is 96.1 Å². The molecule has 4 aliphatic carbocycles. The number of benzene rings is 1.